The number of carbonyl (C=O) groups excluding carboxylic acids is 2. The van der Waals surface area contributed by atoms with Crippen LogP contribution in [0.2, 0.25) is 5.02 Å². The van der Waals surface area contributed by atoms with Gasteiger partial charge in [-0.15, -0.1) is 4.65 Å². The van der Waals surface area contributed by atoms with Crippen LogP contribution >= 0.6 is 11.6 Å². The minimum atomic E-state index is -0.603. The van der Waals surface area contributed by atoms with E-state index in [0.717, 1.165) is 63.8 Å². The number of halogens is 1. The first kappa shape index (κ1) is 20.6. The minimum Gasteiger partial charge on any atom is -0.323 e. The monoisotopic (exact) mass is 421 g/mol. The Hall–Kier alpha value is -1.67. The molecule has 3 amide bonds. The molecule has 3 aliphatic rings. The van der Waals surface area contributed by atoms with Crippen LogP contribution in [0.4, 0.5) is 10.5 Å². The van der Waals surface area contributed by atoms with Gasteiger partial charge in [-0.2, -0.15) is 0 Å². The number of hydrogen-bond donors (Lipinski definition) is 2. The van der Waals surface area contributed by atoms with Crippen LogP contribution in [-0.2, 0) is 4.79 Å². The normalized spacial score (nSPS) is 23.7. The van der Waals surface area contributed by atoms with Gasteiger partial charge in [0, 0.05) is 23.7 Å². The van der Waals surface area contributed by atoms with E-state index in [-0.39, 0.29) is 16.6 Å². The van der Waals surface area contributed by atoms with E-state index in [1.165, 1.54) is 4.90 Å². The van der Waals surface area contributed by atoms with Gasteiger partial charge in [0.1, 0.15) is 18.6 Å². The second kappa shape index (κ2) is 8.22. The van der Waals surface area contributed by atoms with Gasteiger partial charge in [0.15, 0.2) is 5.69 Å². The zero-order valence-corrected chi connectivity index (χ0v) is 17.5. The number of rotatable bonds is 6. The number of benzene rings is 1. The smallest absolute Gasteiger partial charge is 0.323 e. The molecule has 29 heavy (non-hydrogen) atoms. The summed E-state index contributed by atoms with van der Waals surface area (Å²) in [6, 6.07) is 7.16. The number of imide groups is 1. The van der Waals surface area contributed by atoms with Crippen LogP contribution in [0.3, 0.4) is 0 Å². The highest BCUT2D eigenvalue weighted by atomic mass is 35.5. The summed E-state index contributed by atoms with van der Waals surface area (Å²) in [6.45, 7) is 4.30. The molecule has 0 atom stereocenters. The summed E-state index contributed by atoms with van der Waals surface area (Å²) in [7, 11) is 0. The van der Waals surface area contributed by atoms with Gasteiger partial charge in [0.25, 0.3) is 5.91 Å². The third-order valence-electron chi connectivity index (χ3n) is 6.69. The van der Waals surface area contributed by atoms with Crippen molar-refractivity contribution in [1.82, 2.24) is 19.8 Å². The number of nitrogens with zero attached hydrogens (tertiary/aromatic N) is 3. The van der Waals surface area contributed by atoms with Crippen LogP contribution in [0, 0.1) is 0 Å². The van der Waals surface area contributed by atoms with Crippen LogP contribution in [-0.4, -0.2) is 71.8 Å². The molecule has 1 aromatic carbocycles. The molecular weight excluding hydrogens is 392 g/mol. The number of piperazine rings is 1. The zero-order valence-electron chi connectivity index (χ0n) is 16.8. The fourth-order valence-electron chi connectivity index (χ4n) is 4.84. The third kappa shape index (κ3) is 4.14. The third-order valence-corrected chi connectivity index (χ3v) is 6.94. The van der Waals surface area contributed by atoms with Gasteiger partial charge in [-0.1, -0.05) is 24.4 Å². The molecule has 1 spiro atoms. The van der Waals surface area contributed by atoms with Gasteiger partial charge in [0.2, 0.25) is 0 Å². The maximum atomic E-state index is 12.7. The second-order valence-corrected chi connectivity index (χ2v) is 9.01. The molecule has 1 saturated carbocycles. The van der Waals surface area contributed by atoms with Crippen LogP contribution in [0.15, 0.2) is 24.3 Å². The molecule has 0 bridgehead atoms. The van der Waals surface area contributed by atoms with Crippen molar-refractivity contribution in [2.45, 2.75) is 44.1 Å². The second-order valence-electron chi connectivity index (χ2n) is 8.57. The molecule has 2 aliphatic heterocycles. The summed E-state index contributed by atoms with van der Waals surface area (Å²) in [6.07, 6.45) is 5.30. The Labute approximate surface area is 176 Å². The SMILES string of the molecule is O=C1NC2(CCCC2)C(=O)N1CCCCN1CC[N+](O)(c2ccc(Cl)cc2)CC1. The summed E-state index contributed by atoms with van der Waals surface area (Å²) in [5.41, 5.74) is 0.266. The van der Waals surface area contributed by atoms with Crippen LogP contribution < -0.4 is 9.96 Å². The number of amides is 3. The standard InChI is InChI=1S/C21H29ClN4O3/c22-17-5-7-18(8-6-17)26(29)15-13-24(14-16-26)11-3-4-12-25-19(27)21(23-20(25)28)9-1-2-10-21/h5-8,29H,1-4,9-16H2/p+1. The Morgan fingerprint density at radius 3 is 2.31 bits per heavy atom. The van der Waals surface area contributed by atoms with Gasteiger partial charge < -0.3 is 5.32 Å². The van der Waals surface area contributed by atoms with Crippen molar-refractivity contribution < 1.29 is 14.8 Å². The number of carbonyl (C=O) groups is 2. The van der Waals surface area contributed by atoms with E-state index in [2.05, 4.69) is 10.2 Å². The molecular formula is C21H30ClN4O3+. The molecule has 3 fully saturated rings. The van der Waals surface area contributed by atoms with Crippen molar-refractivity contribution in [1.29, 1.82) is 0 Å². The van der Waals surface area contributed by atoms with Gasteiger partial charge in [-0.25, -0.2) is 10.0 Å². The van der Waals surface area contributed by atoms with Crippen LogP contribution in [0.25, 0.3) is 0 Å². The van der Waals surface area contributed by atoms with Gasteiger partial charge in [-0.3, -0.25) is 14.6 Å². The molecule has 0 aromatic heterocycles. The van der Waals surface area contributed by atoms with E-state index in [1.54, 1.807) is 0 Å². The summed E-state index contributed by atoms with van der Waals surface area (Å²) in [4.78, 5) is 28.6. The maximum absolute atomic E-state index is 12.7. The van der Waals surface area contributed by atoms with E-state index in [9.17, 15) is 14.8 Å². The summed E-state index contributed by atoms with van der Waals surface area (Å²) < 4.78 is -0.0573. The molecule has 0 radical (unpaired) electrons. The largest absolute Gasteiger partial charge is 0.325 e. The Morgan fingerprint density at radius 2 is 1.66 bits per heavy atom. The molecule has 158 valence electrons. The lowest BCUT2D eigenvalue weighted by Gasteiger charge is -2.38. The average Bonchev–Trinajstić information content (AvgIpc) is 3.27. The number of quaternary nitrogens is 1. The Balaban J connectivity index is 1.20. The topological polar surface area (TPSA) is 72.9 Å². The fraction of sp³-hybridized carbons (Fsp3) is 0.619. The molecule has 2 saturated heterocycles. The fourth-order valence-corrected chi connectivity index (χ4v) is 4.97. The lowest BCUT2D eigenvalue weighted by molar-refractivity contribution is -0.131. The molecule has 4 rings (SSSR count). The number of unbranched alkanes of at least 4 members (excludes halogenated alkanes) is 1. The van der Waals surface area contributed by atoms with Crippen molar-refractivity contribution in [3.05, 3.63) is 29.3 Å². The van der Waals surface area contributed by atoms with Gasteiger partial charge in [-0.05, 0) is 44.4 Å². The number of hydroxylamine groups is 2. The Kier molecular flexibility index (Phi) is 5.84. The lowest BCUT2D eigenvalue weighted by Crippen LogP contribution is -2.58. The average molecular weight is 422 g/mol. The molecule has 1 aliphatic carbocycles. The minimum absolute atomic E-state index is 0.0247. The van der Waals surface area contributed by atoms with Gasteiger partial charge >= 0.3 is 6.03 Å². The Morgan fingerprint density at radius 1 is 1.03 bits per heavy atom. The summed E-state index contributed by atoms with van der Waals surface area (Å²) in [5.74, 6) is -0.0247. The predicted molar refractivity (Wildman–Crippen MR) is 112 cm³/mol. The lowest BCUT2D eigenvalue weighted by atomic mass is 9.98. The quantitative estimate of drug-likeness (QED) is 0.420. The summed E-state index contributed by atoms with van der Waals surface area (Å²) >= 11 is 5.94. The van der Waals surface area contributed by atoms with E-state index < -0.39 is 5.54 Å². The number of urea groups is 1. The molecule has 2 N–H and O–H groups in total. The molecule has 8 heteroatoms. The Bertz CT molecular complexity index is 756. The summed E-state index contributed by atoms with van der Waals surface area (Å²) in [5, 5.41) is 14.5. The first-order valence-corrected chi connectivity index (χ1v) is 11.0. The predicted octanol–water partition coefficient (Wildman–Crippen LogP) is 3.00. The van der Waals surface area contributed by atoms with Crippen LogP contribution in [0.1, 0.15) is 38.5 Å². The van der Waals surface area contributed by atoms with Crippen molar-refractivity contribution in [2.24, 2.45) is 0 Å². The van der Waals surface area contributed by atoms with Gasteiger partial charge in [0.05, 0.1) is 13.1 Å². The van der Waals surface area contributed by atoms with E-state index in [0.29, 0.717) is 24.7 Å². The van der Waals surface area contributed by atoms with Crippen molar-refractivity contribution in [2.75, 3.05) is 39.3 Å². The van der Waals surface area contributed by atoms with Crippen molar-refractivity contribution in [3.63, 3.8) is 0 Å². The van der Waals surface area contributed by atoms with Crippen LogP contribution in [0.5, 0.6) is 0 Å². The zero-order chi connectivity index (χ0) is 20.5. The highest BCUT2D eigenvalue weighted by Gasteiger charge is 2.52. The highest BCUT2D eigenvalue weighted by Crippen LogP contribution is 2.35. The van der Waals surface area contributed by atoms with Crippen molar-refractivity contribution in [3.8, 4) is 0 Å². The van der Waals surface area contributed by atoms with Crippen molar-refractivity contribution >= 4 is 29.2 Å². The maximum Gasteiger partial charge on any atom is 0.325 e. The van der Waals surface area contributed by atoms with E-state index in [4.69, 9.17) is 11.6 Å². The molecule has 2 heterocycles. The first-order valence-electron chi connectivity index (χ1n) is 10.6. The first-order chi connectivity index (χ1) is 13.9. The molecule has 7 nitrogen and oxygen atoms in total. The molecule has 1 aromatic rings. The highest BCUT2D eigenvalue weighted by molar-refractivity contribution is 6.30. The van der Waals surface area contributed by atoms with E-state index in [1.807, 2.05) is 24.3 Å². The molecule has 0 unspecified atom stereocenters. The number of nitrogens with one attached hydrogen (secondary N) is 1. The number of hydrogen-bond acceptors (Lipinski definition) is 4. The van der Waals surface area contributed by atoms with E-state index >= 15 is 0 Å².